The number of halogens is 1. The van der Waals surface area contributed by atoms with Gasteiger partial charge in [0.05, 0.1) is 13.4 Å². The van der Waals surface area contributed by atoms with Crippen LogP contribution in [-0.4, -0.2) is 38.3 Å². The summed E-state index contributed by atoms with van der Waals surface area (Å²) in [5, 5.41) is 12.7. The van der Waals surface area contributed by atoms with Crippen molar-refractivity contribution >= 4 is 17.0 Å². The number of aromatic hydroxyl groups is 1. The number of benzene rings is 1. The molecule has 8 nitrogen and oxygen atoms in total. The van der Waals surface area contributed by atoms with Gasteiger partial charge in [0, 0.05) is 24.8 Å². The quantitative estimate of drug-likeness (QED) is 0.648. The summed E-state index contributed by atoms with van der Waals surface area (Å²) in [6, 6.07) is 4.81. The summed E-state index contributed by atoms with van der Waals surface area (Å²) in [6.45, 7) is 0.992. The van der Waals surface area contributed by atoms with Gasteiger partial charge in [-0.05, 0) is 31.4 Å². The minimum atomic E-state index is -0.831. The third-order valence-electron chi connectivity index (χ3n) is 4.83. The normalized spacial score (nSPS) is 17.4. The molecule has 3 aromatic rings. The first-order valence-corrected chi connectivity index (χ1v) is 9.27. The van der Waals surface area contributed by atoms with E-state index in [1.807, 2.05) is 0 Å². The molecule has 1 fully saturated rings. The van der Waals surface area contributed by atoms with Crippen molar-refractivity contribution in [3.8, 4) is 11.5 Å². The van der Waals surface area contributed by atoms with E-state index in [9.17, 15) is 9.50 Å². The van der Waals surface area contributed by atoms with E-state index in [-0.39, 0.29) is 12.0 Å². The molecule has 28 heavy (non-hydrogen) atoms. The lowest BCUT2D eigenvalue weighted by Gasteiger charge is -2.17. The molecule has 2 N–H and O–H groups in total. The van der Waals surface area contributed by atoms with Crippen LogP contribution in [0.15, 0.2) is 24.5 Å². The van der Waals surface area contributed by atoms with Crippen molar-refractivity contribution in [3.63, 3.8) is 0 Å². The molecule has 0 spiro atoms. The monoisotopic (exact) mass is 387 g/mol. The molecule has 0 bridgehead atoms. The summed E-state index contributed by atoms with van der Waals surface area (Å²) in [7, 11) is 1.52. The lowest BCUT2D eigenvalue weighted by molar-refractivity contribution is 0.00928. The van der Waals surface area contributed by atoms with E-state index in [0.717, 1.165) is 31.2 Å². The van der Waals surface area contributed by atoms with Crippen LogP contribution in [0, 0.1) is 6.08 Å². The number of phenols is 1. The Morgan fingerprint density at radius 2 is 2.21 bits per heavy atom. The van der Waals surface area contributed by atoms with Crippen LogP contribution in [0.5, 0.6) is 11.5 Å². The van der Waals surface area contributed by atoms with Gasteiger partial charge in [-0.15, -0.1) is 0 Å². The Labute approximate surface area is 161 Å². The molecular weight excluding hydrogens is 365 g/mol. The summed E-state index contributed by atoms with van der Waals surface area (Å²) in [5.74, 6) is 0.930. The standard InChI is InChI=1S/C19H22FN5O3/c1-27-14-9-13(26)7-6-12(14)10-21-17-16-18(24-19(20)23-17)25(11-22-16)15-5-3-2-4-8-28-15/h6-7,9,11,15,26H,2-5,8,10H2,1H3,(H,21,23,24). The number of methoxy groups -OCH3 is 1. The summed E-state index contributed by atoms with van der Waals surface area (Å²) in [4.78, 5) is 12.2. The predicted octanol–water partition coefficient (Wildman–Crippen LogP) is 3.38. The van der Waals surface area contributed by atoms with Crippen LogP contribution in [0.25, 0.3) is 11.2 Å². The van der Waals surface area contributed by atoms with Gasteiger partial charge in [0.15, 0.2) is 17.0 Å². The Hall–Kier alpha value is -2.94. The second kappa shape index (κ2) is 7.97. The van der Waals surface area contributed by atoms with Gasteiger partial charge in [0.1, 0.15) is 17.7 Å². The average Bonchev–Trinajstić information content (AvgIpc) is 2.93. The highest BCUT2D eigenvalue weighted by atomic mass is 19.1. The van der Waals surface area contributed by atoms with Crippen LogP contribution >= 0.6 is 0 Å². The highest BCUT2D eigenvalue weighted by molar-refractivity contribution is 5.82. The number of phenolic OH excluding ortho intramolecular Hbond substituents is 1. The molecule has 1 aliphatic rings. The minimum Gasteiger partial charge on any atom is -0.508 e. The van der Waals surface area contributed by atoms with Gasteiger partial charge in [0.2, 0.25) is 0 Å². The Morgan fingerprint density at radius 1 is 1.32 bits per heavy atom. The van der Waals surface area contributed by atoms with Gasteiger partial charge >= 0.3 is 6.08 Å². The number of nitrogens with zero attached hydrogens (tertiary/aromatic N) is 4. The van der Waals surface area contributed by atoms with Crippen molar-refractivity contribution in [2.45, 2.75) is 38.5 Å². The molecule has 1 aromatic carbocycles. The number of nitrogens with one attached hydrogen (secondary N) is 1. The summed E-state index contributed by atoms with van der Waals surface area (Å²) in [5.41, 5.74) is 1.67. The zero-order valence-electron chi connectivity index (χ0n) is 15.6. The van der Waals surface area contributed by atoms with Gasteiger partial charge in [-0.2, -0.15) is 14.4 Å². The molecule has 3 heterocycles. The predicted molar refractivity (Wildman–Crippen MR) is 101 cm³/mol. The van der Waals surface area contributed by atoms with E-state index in [1.54, 1.807) is 23.0 Å². The van der Waals surface area contributed by atoms with E-state index in [2.05, 4.69) is 20.3 Å². The van der Waals surface area contributed by atoms with Crippen molar-refractivity contribution in [2.24, 2.45) is 0 Å². The van der Waals surface area contributed by atoms with Crippen LogP contribution in [-0.2, 0) is 11.3 Å². The molecule has 0 saturated carbocycles. The first kappa shape index (κ1) is 18.4. The van der Waals surface area contributed by atoms with Crippen molar-refractivity contribution in [2.75, 3.05) is 19.0 Å². The summed E-state index contributed by atoms with van der Waals surface area (Å²) >= 11 is 0. The first-order chi connectivity index (χ1) is 13.7. The third kappa shape index (κ3) is 3.70. The maximum absolute atomic E-state index is 14.1. The van der Waals surface area contributed by atoms with Crippen LogP contribution in [0.2, 0.25) is 0 Å². The highest BCUT2D eigenvalue weighted by Gasteiger charge is 2.21. The number of ether oxygens (including phenoxy) is 2. The zero-order valence-corrected chi connectivity index (χ0v) is 15.6. The Balaban J connectivity index is 1.63. The fourth-order valence-corrected chi connectivity index (χ4v) is 3.40. The maximum Gasteiger partial charge on any atom is 0.312 e. The van der Waals surface area contributed by atoms with Crippen molar-refractivity contribution < 1.29 is 19.0 Å². The van der Waals surface area contributed by atoms with Crippen molar-refractivity contribution in [1.29, 1.82) is 0 Å². The number of aromatic nitrogens is 4. The molecule has 1 atom stereocenters. The lowest BCUT2D eigenvalue weighted by Crippen LogP contribution is -2.12. The SMILES string of the molecule is COc1cc(O)ccc1CNc1nc(F)nc2c1ncn2C1CCCCCO1. The Bertz CT molecular complexity index is 970. The summed E-state index contributed by atoms with van der Waals surface area (Å²) < 4.78 is 27.1. The fourth-order valence-electron chi connectivity index (χ4n) is 3.40. The zero-order chi connectivity index (χ0) is 19.5. The number of imidazole rings is 1. The second-order valence-electron chi connectivity index (χ2n) is 6.69. The molecule has 2 aromatic heterocycles. The first-order valence-electron chi connectivity index (χ1n) is 9.27. The molecule has 4 rings (SSSR count). The smallest absolute Gasteiger partial charge is 0.312 e. The summed E-state index contributed by atoms with van der Waals surface area (Å²) in [6.07, 6.45) is 4.62. The van der Waals surface area contributed by atoms with Crippen LogP contribution in [0.1, 0.15) is 37.5 Å². The Morgan fingerprint density at radius 3 is 3.07 bits per heavy atom. The average molecular weight is 387 g/mol. The molecule has 0 radical (unpaired) electrons. The maximum atomic E-state index is 14.1. The Kier molecular flexibility index (Phi) is 5.25. The van der Waals surface area contributed by atoms with Crippen LogP contribution in [0.3, 0.4) is 0 Å². The van der Waals surface area contributed by atoms with E-state index < -0.39 is 6.08 Å². The van der Waals surface area contributed by atoms with Gasteiger partial charge in [-0.1, -0.05) is 6.42 Å². The van der Waals surface area contributed by atoms with Crippen LogP contribution in [0.4, 0.5) is 10.2 Å². The van der Waals surface area contributed by atoms with Crippen molar-refractivity contribution in [3.05, 3.63) is 36.2 Å². The molecule has 1 aliphatic heterocycles. The van der Waals surface area contributed by atoms with E-state index in [0.29, 0.717) is 35.9 Å². The number of fused-ring (bicyclic) bond motifs is 1. The number of hydrogen-bond acceptors (Lipinski definition) is 7. The lowest BCUT2D eigenvalue weighted by atomic mass is 10.2. The second-order valence-corrected chi connectivity index (χ2v) is 6.69. The molecule has 1 saturated heterocycles. The molecule has 9 heteroatoms. The molecular formula is C19H22FN5O3. The number of anilines is 1. The minimum absolute atomic E-state index is 0.109. The number of hydrogen-bond donors (Lipinski definition) is 2. The van der Waals surface area contributed by atoms with Gasteiger partial charge in [0.25, 0.3) is 0 Å². The molecule has 0 aliphatic carbocycles. The fraction of sp³-hybridized carbons (Fsp3) is 0.421. The molecule has 0 amide bonds. The van der Waals surface area contributed by atoms with Gasteiger partial charge < -0.3 is 19.9 Å². The number of rotatable bonds is 5. The van der Waals surface area contributed by atoms with Crippen LogP contribution < -0.4 is 10.1 Å². The highest BCUT2D eigenvalue weighted by Crippen LogP contribution is 2.29. The topological polar surface area (TPSA) is 94.3 Å². The van der Waals surface area contributed by atoms with E-state index in [1.165, 1.54) is 13.2 Å². The van der Waals surface area contributed by atoms with Gasteiger partial charge in [-0.25, -0.2) is 4.98 Å². The van der Waals surface area contributed by atoms with E-state index in [4.69, 9.17) is 9.47 Å². The van der Waals surface area contributed by atoms with Gasteiger partial charge in [-0.3, -0.25) is 4.57 Å². The van der Waals surface area contributed by atoms with E-state index >= 15 is 0 Å². The third-order valence-corrected chi connectivity index (χ3v) is 4.83. The molecule has 1 unspecified atom stereocenters. The largest absolute Gasteiger partial charge is 0.508 e. The van der Waals surface area contributed by atoms with Crippen molar-refractivity contribution in [1.82, 2.24) is 19.5 Å². The molecule has 148 valence electrons.